The molecule has 0 spiro atoms. The number of nitrogens with zero attached hydrogens (tertiary/aromatic N) is 4. The summed E-state index contributed by atoms with van der Waals surface area (Å²) < 4.78 is 2.78. The van der Waals surface area contributed by atoms with E-state index in [1.165, 1.54) is 0 Å². The molecule has 0 unspecified atom stereocenters. The Bertz CT molecular complexity index is 810. The maximum Gasteiger partial charge on any atom is 0.195 e. The van der Waals surface area contributed by atoms with Crippen molar-refractivity contribution in [3.63, 3.8) is 0 Å². The van der Waals surface area contributed by atoms with E-state index < -0.39 is 0 Å². The van der Waals surface area contributed by atoms with Crippen LogP contribution in [0.15, 0.2) is 30.6 Å². The van der Waals surface area contributed by atoms with Crippen LogP contribution in [0.5, 0.6) is 0 Å². The lowest BCUT2D eigenvalue weighted by atomic mass is 10.1. The fourth-order valence-corrected chi connectivity index (χ4v) is 2.62. The number of aromatic nitrogens is 5. The number of fused-ring (bicyclic) bond motifs is 1. The van der Waals surface area contributed by atoms with Gasteiger partial charge in [-0.15, -0.1) is 0 Å². The van der Waals surface area contributed by atoms with Crippen LogP contribution in [0.1, 0.15) is 18.9 Å². The predicted molar refractivity (Wildman–Crippen MR) is 74.2 cm³/mol. The van der Waals surface area contributed by atoms with Gasteiger partial charge in [0.2, 0.25) is 0 Å². The molecule has 4 rings (SSSR count). The molecule has 94 valence electrons. The predicted octanol–water partition coefficient (Wildman–Crippen LogP) is 2.89. The van der Waals surface area contributed by atoms with Gasteiger partial charge in [-0.2, -0.15) is 5.10 Å². The van der Waals surface area contributed by atoms with Crippen LogP contribution < -0.4 is 0 Å². The SMILES string of the molecule is S=c1[nH]nc(-c2cccc3nccnc23)n1C1CC1. The molecule has 2 aromatic heterocycles. The van der Waals surface area contributed by atoms with Crippen molar-refractivity contribution < 1.29 is 0 Å². The first-order chi connectivity index (χ1) is 9.34. The van der Waals surface area contributed by atoms with Crippen molar-refractivity contribution in [3.8, 4) is 11.4 Å². The summed E-state index contributed by atoms with van der Waals surface area (Å²) >= 11 is 5.32. The van der Waals surface area contributed by atoms with Crippen LogP contribution in [0, 0.1) is 4.77 Å². The van der Waals surface area contributed by atoms with Crippen molar-refractivity contribution in [2.24, 2.45) is 0 Å². The highest BCUT2D eigenvalue weighted by Crippen LogP contribution is 2.38. The van der Waals surface area contributed by atoms with Crippen molar-refractivity contribution in [2.75, 3.05) is 0 Å². The van der Waals surface area contributed by atoms with Crippen molar-refractivity contribution in [3.05, 3.63) is 35.4 Å². The summed E-state index contributed by atoms with van der Waals surface area (Å²) in [6, 6.07) is 6.42. The topological polar surface area (TPSA) is 59.4 Å². The number of H-pyrrole nitrogens is 1. The number of benzene rings is 1. The van der Waals surface area contributed by atoms with Gasteiger partial charge in [-0.3, -0.25) is 19.6 Å². The van der Waals surface area contributed by atoms with Gasteiger partial charge >= 0.3 is 0 Å². The molecule has 0 radical (unpaired) electrons. The minimum atomic E-state index is 0.480. The Labute approximate surface area is 114 Å². The number of rotatable bonds is 2. The zero-order valence-electron chi connectivity index (χ0n) is 10.1. The molecule has 0 atom stereocenters. The van der Waals surface area contributed by atoms with Gasteiger partial charge < -0.3 is 0 Å². The lowest BCUT2D eigenvalue weighted by Crippen LogP contribution is -1.98. The van der Waals surface area contributed by atoms with Crippen molar-refractivity contribution in [1.29, 1.82) is 0 Å². The molecule has 19 heavy (non-hydrogen) atoms. The molecule has 1 fully saturated rings. The lowest BCUT2D eigenvalue weighted by Gasteiger charge is -2.06. The standard InChI is InChI=1S/C13H11N5S/c19-13-17-16-12(18(13)8-4-5-8)9-2-1-3-10-11(9)15-7-6-14-10/h1-3,6-8H,4-5H2,(H,17,19). The van der Waals surface area contributed by atoms with Crippen LogP contribution in [0.4, 0.5) is 0 Å². The smallest absolute Gasteiger partial charge is 0.195 e. The van der Waals surface area contributed by atoms with E-state index in [2.05, 4.69) is 24.7 Å². The highest BCUT2D eigenvalue weighted by molar-refractivity contribution is 7.71. The summed E-state index contributed by atoms with van der Waals surface area (Å²) in [7, 11) is 0. The third-order valence-electron chi connectivity index (χ3n) is 3.36. The Morgan fingerprint density at radius 2 is 2.05 bits per heavy atom. The Kier molecular flexibility index (Phi) is 2.25. The molecule has 3 aromatic rings. The minimum absolute atomic E-state index is 0.480. The zero-order chi connectivity index (χ0) is 12.8. The quantitative estimate of drug-likeness (QED) is 0.727. The summed E-state index contributed by atoms with van der Waals surface area (Å²) in [4.78, 5) is 8.75. The van der Waals surface area contributed by atoms with Crippen LogP contribution >= 0.6 is 12.2 Å². The summed E-state index contributed by atoms with van der Waals surface area (Å²) in [5.41, 5.74) is 2.71. The van der Waals surface area contributed by atoms with Gasteiger partial charge in [0.25, 0.3) is 0 Å². The second-order valence-electron chi connectivity index (χ2n) is 4.68. The van der Waals surface area contributed by atoms with Crippen molar-refractivity contribution in [2.45, 2.75) is 18.9 Å². The van der Waals surface area contributed by atoms with E-state index in [0.29, 0.717) is 10.8 Å². The molecular weight excluding hydrogens is 258 g/mol. The van der Waals surface area contributed by atoms with Crippen LogP contribution in [-0.2, 0) is 0 Å². The Balaban J connectivity index is 2.03. The number of aromatic amines is 1. The first-order valence-electron chi connectivity index (χ1n) is 6.21. The monoisotopic (exact) mass is 269 g/mol. The third kappa shape index (κ3) is 1.67. The largest absolute Gasteiger partial charge is 0.297 e. The molecule has 0 aliphatic heterocycles. The molecule has 2 heterocycles. The normalized spacial score (nSPS) is 14.9. The molecule has 1 aliphatic carbocycles. The molecule has 6 heteroatoms. The molecule has 1 N–H and O–H groups in total. The zero-order valence-corrected chi connectivity index (χ0v) is 10.9. The molecule has 1 aliphatic rings. The second-order valence-corrected chi connectivity index (χ2v) is 5.07. The minimum Gasteiger partial charge on any atom is -0.297 e. The maximum atomic E-state index is 5.32. The fourth-order valence-electron chi connectivity index (χ4n) is 2.34. The molecule has 1 aromatic carbocycles. The van der Waals surface area contributed by atoms with E-state index in [4.69, 9.17) is 12.2 Å². The van der Waals surface area contributed by atoms with Gasteiger partial charge in [-0.25, -0.2) is 0 Å². The van der Waals surface area contributed by atoms with Crippen LogP contribution in [-0.4, -0.2) is 24.7 Å². The van der Waals surface area contributed by atoms with E-state index in [1.807, 2.05) is 18.2 Å². The Hall–Kier alpha value is -2.08. The Morgan fingerprint density at radius 3 is 2.89 bits per heavy atom. The molecular formula is C13H11N5S. The van der Waals surface area contributed by atoms with Crippen LogP contribution in [0.3, 0.4) is 0 Å². The van der Waals surface area contributed by atoms with E-state index in [0.717, 1.165) is 35.3 Å². The number of hydrogen-bond acceptors (Lipinski definition) is 4. The van der Waals surface area contributed by atoms with Crippen LogP contribution in [0.25, 0.3) is 22.4 Å². The number of nitrogens with one attached hydrogen (secondary N) is 1. The van der Waals surface area contributed by atoms with Gasteiger partial charge in [0.05, 0.1) is 11.0 Å². The molecule has 1 saturated carbocycles. The van der Waals surface area contributed by atoms with Gasteiger partial charge in [0.1, 0.15) is 0 Å². The Morgan fingerprint density at radius 1 is 1.21 bits per heavy atom. The second kappa shape index (κ2) is 3.96. The van der Waals surface area contributed by atoms with E-state index in [9.17, 15) is 0 Å². The summed E-state index contributed by atoms with van der Waals surface area (Å²) in [6.07, 6.45) is 5.73. The number of para-hydroxylation sites is 1. The van der Waals surface area contributed by atoms with Gasteiger partial charge in [0.15, 0.2) is 10.6 Å². The third-order valence-corrected chi connectivity index (χ3v) is 3.64. The lowest BCUT2D eigenvalue weighted by molar-refractivity contribution is 0.735. The van der Waals surface area contributed by atoms with Gasteiger partial charge in [-0.05, 0) is 37.2 Å². The number of hydrogen-bond donors (Lipinski definition) is 1. The van der Waals surface area contributed by atoms with E-state index in [-0.39, 0.29) is 0 Å². The van der Waals surface area contributed by atoms with Crippen molar-refractivity contribution in [1.82, 2.24) is 24.7 Å². The highest BCUT2D eigenvalue weighted by atomic mass is 32.1. The molecule has 0 bridgehead atoms. The summed E-state index contributed by atoms with van der Waals surface area (Å²) in [5, 5.41) is 7.26. The fraction of sp³-hybridized carbons (Fsp3) is 0.231. The van der Waals surface area contributed by atoms with E-state index >= 15 is 0 Å². The maximum absolute atomic E-state index is 5.32. The van der Waals surface area contributed by atoms with Crippen LogP contribution in [0.2, 0.25) is 0 Å². The average Bonchev–Trinajstić information content (AvgIpc) is 3.21. The highest BCUT2D eigenvalue weighted by Gasteiger charge is 2.28. The molecule has 0 amide bonds. The summed E-state index contributed by atoms with van der Waals surface area (Å²) in [5.74, 6) is 0.860. The van der Waals surface area contributed by atoms with Gasteiger partial charge in [0, 0.05) is 24.0 Å². The first-order valence-corrected chi connectivity index (χ1v) is 6.62. The summed E-state index contributed by atoms with van der Waals surface area (Å²) in [6.45, 7) is 0. The van der Waals surface area contributed by atoms with Gasteiger partial charge in [-0.1, -0.05) is 6.07 Å². The average molecular weight is 269 g/mol. The van der Waals surface area contributed by atoms with Crippen molar-refractivity contribution >= 4 is 23.3 Å². The molecule has 5 nitrogen and oxygen atoms in total. The molecule has 0 saturated heterocycles. The first kappa shape index (κ1) is 10.8. The van der Waals surface area contributed by atoms with E-state index in [1.54, 1.807) is 12.4 Å².